The number of ether oxygens (including phenoxy) is 1. The molecule has 6 heteroatoms. The molecule has 20 heavy (non-hydrogen) atoms. The van der Waals surface area contributed by atoms with Gasteiger partial charge in [-0.25, -0.2) is 0 Å². The van der Waals surface area contributed by atoms with Crippen LogP contribution >= 0.6 is 0 Å². The molecule has 1 aliphatic heterocycles. The summed E-state index contributed by atoms with van der Waals surface area (Å²) in [6, 6.07) is 3.91. The van der Waals surface area contributed by atoms with Crippen LogP contribution in [0.25, 0.3) is 0 Å². The first kappa shape index (κ1) is 14.9. The summed E-state index contributed by atoms with van der Waals surface area (Å²) in [6.07, 6.45) is 1.94. The quantitative estimate of drug-likeness (QED) is 0.739. The average Bonchev–Trinajstić information content (AvgIpc) is 2.82. The summed E-state index contributed by atoms with van der Waals surface area (Å²) in [5.41, 5.74) is 1.44. The summed E-state index contributed by atoms with van der Waals surface area (Å²) in [4.78, 5) is 17.9. The lowest BCUT2D eigenvalue weighted by molar-refractivity contribution is 0.0490. The van der Waals surface area contributed by atoms with Gasteiger partial charge in [0.15, 0.2) is 0 Å². The summed E-state index contributed by atoms with van der Waals surface area (Å²) in [7, 11) is 1.62. The largest absolute Gasteiger partial charge is 0.411 e. The lowest BCUT2D eigenvalue weighted by atomic mass is 10.1. The number of amides is 1. The van der Waals surface area contributed by atoms with Crippen LogP contribution in [-0.2, 0) is 4.74 Å². The number of carbonyl (C=O) groups excluding carboxylic acids is 1. The Bertz CT molecular complexity index is 439. The third-order valence-corrected chi connectivity index (χ3v) is 3.44. The standard InChI is InChI=1S/C14H23N3O3/c1-11-3-4-13(17(11)20-10-9-19-2)14(18)16-12-5-7-15-8-6-12/h3-4,12,15H,5-10H2,1-2H3,(H,16,18). The van der Waals surface area contributed by atoms with Crippen LogP contribution in [-0.4, -0.2) is 50.1 Å². The molecule has 0 aromatic carbocycles. The van der Waals surface area contributed by atoms with Crippen molar-refractivity contribution in [2.24, 2.45) is 0 Å². The van der Waals surface area contributed by atoms with Gasteiger partial charge in [-0.05, 0) is 45.0 Å². The maximum absolute atomic E-state index is 12.3. The summed E-state index contributed by atoms with van der Waals surface area (Å²) in [6.45, 7) is 4.73. The molecule has 1 amide bonds. The summed E-state index contributed by atoms with van der Waals surface area (Å²) < 4.78 is 6.53. The molecule has 2 N–H and O–H groups in total. The smallest absolute Gasteiger partial charge is 0.271 e. The second-order valence-electron chi connectivity index (χ2n) is 4.98. The minimum Gasteiger partial charge on any atom is -0.411 e. The molecule has 1 fully saturated rings. The van der Waals surface area contributed by atoms with Gasteiger partial charge < -0.3 is 20.2 Å². The summed E-state index contributed by atoms with van der Waals surface area (Å²) in [5, 5.41) is 6.35. The molecule has 0 aliphatic carbocycles. The van der Waals surface area contributed by atoms with Crippen LogP contribution in [0.15, 0.2) is 12.1 Å². The predicted molar refractivity (Wildman–Crippen MR) is 75.8 cm³/mol. The Morgan fingerprint density at radius 1 is 1.40 bits per heavy atom. The number of hydrogen-bond acceptors (Lipinski definition) is 4. The molecule has 112 valence electrons. The first-order chi connectivity index (χ1) is 9.72. The van der Waals surface area contributed by atoms with Crippen LogP contribution in [0.5, 0.6) is 0 Å². The molecule has 1 aromatic heterocycles. The van der Waals surface area contributed by atoms with Crippen molar-refractivity contribution in [3.8, 4) is 0 Å². The van der Waals surface area contributed by atoms with E-state index in [9.17, 15) is 4.79 Å². The molecular weight excluding hydrogens is 258 g/mol. The predicted octanol–water partition coefficient (Wildman–Crippen LogP) is 0.353. The average molecular weight is 281 g/mol. The van der Waals surface area contributed by atoms with Crippen LogP contribution in [0.1, 0.15) is 29.0 Å². The number of aryl methyl sites for hydroxylation is 1. The maximum Gasteiger partial charge on any atom is 0.271 e. The fourth-order valence-corrected chi connectivity index (χ4v) is 2.30. The second kappa shape index (κ2) is 7.31. The lowest BCUT2D eigenvalue weighted by Gasteiger charge is -2.24. The molecule has 0 radical (unpaired) electrons. The van der Waals surface area contributed by atoms with Crippen LogP contribution in [0, 0.1) is 6.92 Å². The topological polar surface area (TPSA) is 64.5 Å². The fraction of sp³-hybridized carbons (Fsp3) is 0.643. The zero-order chi connectivity index (χ0) is 14.4. The SMILES string of the molecule is COCCOn1c(C)ccc1C(=O)NC1CCNCC1. The highest BCUT2D eigenvalue weighted by molar-refractivity contribution is 5.93. The van der Waals surface area contributed by atoms with E-state index in [1.807, 2.05) is 13.0 Å². The third kappa shape index (κ3) is 3.74. The van der Waals surface area contributed by atoms with E-state index in [2.05, 4.69) is 10.6 Å². The maximum atomic E-state index is 12.3. The first-order valence-electron chi connectivity index (χ1n) is 7.04. The van der Waals surface area contributed by atoms with E-state index in [1.165, 1.54) is 0 Å². The van der Waals surface area contributed by atoms with Crippen LogP contribution in [0.2, 0.25) is 0 Å². The number of nitrogens with one attached hydrogen (secondary N) is 2. The minimum absolute atomic E-state index is 0.0811. The van der Waals surface area contributed by atoms with Gasteiger partial charge in [-0.1, -0.05) is 0 Å². The van der Waals surface area contributed by atoms with Gasteiger partial charge in [-0.15, -0.1) is 0 Å². The van der Waals surface area contributed by atoms with Crippen molar-refractivity contribution in [3.63, 3.8) is 0 Å². The molecule has 0 atom stereocenters. The molecule has 0 saturated carbocycles. The van der Waals surface area contributed by atoms with Gasteiger partial charge >= 0.3 is 0 Å². The van der Waals surface area contributed by atoms with Crippen molar-refractivity contribution in [2.75, 3.05) is 33.4 Å². The highest BCUT2D eigenvalue weighted by Gasteiger charge is 2.19. The van der Waals surface area contributed by atoms with E-state index in [0.717, 1.165) is 31.6 Å². The van der Waals surface area contributed by atoms with Crippen molar-refractivity contribution >= 4 is 5.91 Å². The molecule has 1 aromatic rings. The van der Waals surface area contributed by atoms with Crippen molar-refractivity contribution in [1.82, 2.24) is 15.4 Å². The van der Waals surface area contributed by atoms with Crippen molar-refractivity contribution in [1.29, 1.82) is 0 Å². The van der Waals surface area contributed by atoms with Gasteiger partial charge in [0.1, 0.15) is 12.3 Å². The number of hydrogen-bond donors (Lipinski definition) is 2. The van der Waals surface area contributed by atoms with Gasteiger partial charge in [0.2, 0.25) is 0 Å². The van der Waals surface area contributed by atoms with Crippen LogP contribution < -0.4 is 15.5 Å². The van der Waals surface area contributed by atoms with E-state index in [4.69, 9.17) is 9.57 Å². The Kier molecular flexibility index (Phi) is 5.43. The van der Waals surface area contributed by atoms with Gasteiger partial charge in [0.25, 0.3) is 5.91 Å². The number of rotatable bonds is 6. The van der Waals surface area contributed by atoms with E-state index in [-0.39, 0.29) is 11.9 Å². The Morgan fingerprint density at radius 3 is 2.85 bits per heavy atom. The minimum atomic E-state index is -0.0811. The number of carbonyl (C=O) groups is 1. The molecule has 6 nitrogen and oxygen atoms in total. The third-order valence-electron chi connectivity index (χ3n) is 3.44. The Labute approximate surface area is 119 Å². The van der Waals surface area contributed by atoms with E-state index < -0.39 is 0 Å². The van der Waals surface area contributed by atoms with Crippen LogP contribution in [0.4, 0.5) is 0 Å². The molecule has 2 rings (SSSR count). The monoisotopic (exact) mass is 281 g/mol. The summed E-state index contributed by atoms with van der Waals surface area (Å²) >= 11 is 0. The van der Waals surface area contributed by atoms with Gasteiger partial charge in [0.05, 0.1) is 12.3 Å². The Morgan fingerprint density at radius 2 is 2.15 bits per heavy atom. The normalized spacial score (nSPS) is 16.1. The Hall–Kier alpha value is -1.53. The zero-order valence-corrected chi connectivity index (χ0v) is 12.1. The van der Waals surface area contributed by atoms with Crippen LogP contribution in [0.3, 0.4) is 0 Å². The number of nitrogens with zero attached hydrogens (tertiary/aromatic N) is 1. The van der Waals surface area contributed by atoms with E-state index in [1.54, 1.807) is 17.9 Å². The second-order valence-corrected chi connectivity index (χ2v) is 4.98. The van der Waals surface area contributed by atoms with Gasteiger partial charge in [-0.2, -0.15) is 4.73 Å². The Balaban J connectivity index is 1.97. The zero-order valence-electron chi connectivity index (χ0n) is 12.1. The van der Waals surface area contributed by atoms with Crippen molar-refractivity contribution in [2.45, 2.75) is 25.8 Å². The molecular formula is C14H23N3O3. The van der Waals surface area contributed by atoms with E-state index in [0.29, 0.717) is 18.9 Å². The number of methoxy groups -OCH3 is 1. The summed E-state index contributed by atoms with van der Waals surface area (Å²) in [5.74, 6) is -0.0811. The van der Waals surface area contributed by atoms with Crippen molar-refractivity contribution in [3.05, 3.63) is 23.5 Å². The molecule has 0 bridgehead atoms. The van der Waals surface area contributed by atoms with Gasteiger partial charge in [-0.3, -0.25) is 4.79 Å². The lowest BCUT2D eigenvalue weighted by Crippen LogP contribution is -2.43. The molecule has 0 unspecified atom stereocenters. The highest BCUT2D eigenvalue weighted by Crippen LogP contribution is 2.09. The molecule has 1 aliphatic rings. The molecule has 1 saturated heterocycles. The van der Waals surface area contributed by atoms with Gasteiger partial charge in [0, 0.05) is 13.2 Å². The van der Waals surface area contributed by atoms with Crippen molar-refractivity contribution < 1.29 is 14.4 Å². The molecule has 2 heterocycles. The number of aromatic nitrogens is 1. The fourth-order valence-electron chi connectivity index (χ4n) is 2.30. The first-order valence-corrected chi connectivity index (χ1v) is 7.04. The highest BCUT2D eigenvalue weighted by atomic mass is 16.7. The number of piperidine rings is 1. The van der Waals surface area contributed by atoms with E-state index >= 15 is 0 Å². The molecule has 0 spiro atoms.